The van der Waals surface area contributed by atoms with Crippen LogP contribution in [-0.4, -0.2) is 51.1 Å². The predicted molar refractivity (Wildman–Crippen MR) is 129 cm³/mol. The van der Waals surface area contributed by atoms with Crippen LogP contribution in [0.5, 0.6) is 5.75 Å². The number of ether oxygens (including phenoxy) is 1. The van der Waals surface area contributed by atoms with Crippen molar-refractivity contribution in [3.05, 3.63) is 40.9 Å². The molecule has 11 heteroatoms. The quantitative estimate of drug-likeness (QED) is 0.434. The Balaban J connectivity index is 1.37. The van der Waals surface area contributed by atoms with Gasteiger partial charge in [-0.05, 0) is 43.5 Å². The van der Waals surface area contributed by atoms with Crippen molar-refractivity contribution >= 4 is 44.4 Å². The molecule has 2 heterocycles. The summed E-state index contributed by atoms with van der Waals surface area (Å²) in [6.45, 7) is 5.63. The fourth-order valence-corrected chi connectivity index (χ4v) is 5.14. The first-order chi connectivity index (χ1) is 15.8. The van der Waals surface area contributed by atoms with Crippen LogP contribution in [0.25, 0.3) is 11.1 Å². The lowest BCUT2D eigenvalue weighted by molar-refractivity contribution is 0.210. The average Bonchev–Trinajstić information content (AvgIpc) is 3.15. The number of primary sulfonamides is 1. The summed E-state index contributed by atoms with van der Waals surface area (Å²) >= 11 is 6.04. The Hall–Kier alpha value is -2.53. The third kappa shape index (κ3) is 5.52. The van der Waals surface area contributed by atoms with Gasteiger partial charge in [0, 0.05) is 38.3 Å². The molecule has 0 atom stereocenters. The minimum Gasteiger partial charge on any atom is -0.495 e. The van der Waals surface area contributed by atoms with Crippen molar-refractivity contribution < 1.29 is 17.6 Å². The second kappa shape index (κ2) is 9.76. The number of sulfonamides is 1. The summed E-state index contributed by atoms with van der Waals surface area (Å²) in [5.41, 5.74) is 3.04. The molecule has 1 aliphatic rings. The standard InChI is InChI=1S/C22H28ClN5O4S/c1-3-25-17-10-14(4-5-19(17)31-2)13-28-8-6-15(7-9-28)26-22-27-18-11-16(23)21(33(24,29)30)12-20(18)32-22/h4-5,10-12,15,25H,3,6-9,13H2,1-2H3,(H,26,27)(H2,24,29,30). The lowest BCUT2D eigenvalue weighted by atomic mass is 10.0. The normalized spacial score (nSPS) is 15.6. The number of methoxy groups -OCH3 is 1. The lowest BCUT2D eigenvalue weighted by Gasteiger charge is -2.32. The van der Waals surface area contributed by atoms with Crippen LogP contribution in [0.3, 0.4) is 0 Å². The number of hydrogen-bond donors (Lipinski definition) is 3. The summed E-state index contributed by atoms with van der Waals surface area (Å²) in [5.74, 6) is 0.847. The maximum Gasteiger partial charge on any atom is 0.295 e. The number of anilines is 2. The number of piperidine rings is 1. The number of nitrogens with one attached hydrogen (secondary N) is 2. The van der Waals surface area contributed by atoms with Crippen LogP contribution < -0.4 is 20.5 Å². The summed E-state index contributed by atoms with van der Waals surface area (Å²) in [6.07, 6.45) is 1.86. The molecular weight excluding hydrogens is 466 g/mol. The van der Waals surface area contributed by atoms with Crippen molar-refractivity contribution in [1.29, 1.82) is 0 Å². The largest absolute Gasteiger partial charge is 0.495 e. The molecule has 2 aromatic carbocycles. The number of rotatable bonds is 8. The van der Waals surface area contributed by atoms with E-state index in [0.717, 1.165) is 50.5 Å². The van der Waals surface area contributed by atoms with E-state index in [1.807, 2.05) is 6.07 Å². The Kier molecular flexibility index (Phi) is 6.99. The third-order valence-corrected chi connectivity index (χ3v) is 7.08. The average molecular weight is 494 g/mol. The van der Waals surface area contributed by atoms with E-state index in [0.29, 0.717) is 17.1 Å². The van der Waals surface area contributed by atoms with Gasteiger partial charge in [0.1, 0.15) is 16.2 Å². The molecule has 4 rings (SSSR count). The molecule has 0 aliphatic carbocycles. The molecule has 1 fully saturated rings. The van der Waals surface area contributed by atoms with E-state index in [1.165, 1.54) is 17.7 Å². The van der Waals surface area contributed by atoms with Crippen LogP contribution in [0, 0.1) is 0 Å². The van der Waals surface area contributed by atoms with Gasteiger partial charge in [0.05, 0.1) is 17.8 Å². The zero-order chi connectivity index (χ0) is 23.6. The highest BCUT2D eigenvalue weighted by atomic mass is 35.5. The fraction of sp³-hybridized carbons (Fsp3) is 0.409. The minimum absolute atomic E-state index is 0.0222. The smallest absolute Gasteiger partial charge is 0.295 e. The Labute approximate surface area is 198 Å². The zero-order valence-corrected chi connectivity index (χ0v) is 20.2. The van der Waals surface area contributed by atoms with E-state index in [2.05, 4.69) is 39.6 Å². The van der Waals surface area contributed by atoms with Crippen LogP contribution in [0.4, 0.5) is 11.7 Å². The van der Waals surface area contributed by atoms with Crippen LogP contribution in [-0.2, 0) is 16.6 Å². The van der Waals surface area contributed by atoms with E-state index in [9.17, 15) is 8.42 Å². The second-order valence-electron chi connectivity index (χ2n) is 8.07. The molecule has 33 heavy (non-hydrogen) atoms. The van der Waals surface area contributed by atoms with Gasteiger partial charge in [0.15, 0.2) is 5.58 Å². The molecular formula is C22H28ClN5O4S. The SMILES string of the molecule is CCNc1cc(CN2CCC(Nc3nc4cc(Cl)c(S(N)(=O)=O)cc4o3)CC2)ccc1OC. The number of likely N-dealkylation sites (tertiary alicyclic amines) is 1. The van der Waals surface area contributed by atoms with Crippen molar-refractivity contribution in [2.45, 2.75) is 37.2 Å². The molecule has 1 aromatic heterocycles. The number of aromatic nitrogens is 1. The van der Waals surface area contributed by atoms with Gasteiger partial charge in [-0.15, -0.1) is 0 Å². The molecule has 0 amide bonds. The summed E-state index contributed by atoms with van der Waals surface area (Å²) in [6, 6.07) is 9.55. The van der Waals surface area contributed by atoms with Crippen LogP contribution in [0.15, 0.2) is 39.6 Å². The van der Waals surface area contributed by atoms with Gasteiger partial charge in [-0.2, -0.15) is 4.98 Å². The molecule has 4 N–H and O–H groups in total. The highest BCUT2D eigenvalue weighted by Crippen LogP contribution is 2.30. The number of fused-ring (bicyclic) bond motifs is 1. The van der Waals surface area contributed by atoms with Crippen molar-refractivity contribution in [2.75, 3.05) is 37.4 Å². The van der Waals surface area contributed by atoms with Gasteiger partial charge in [-0.25, -0.2) is 13.6 Å². The number of oxazole rings is 1. The third-order valence-electron chi connectivity index (χ3n) is 5.70. The minimum atomic E-state index is -3.94. The monoisotopic (exact) mass is 493 g/mol. The molecule has 0 spiro atoms. The summed E-state index contributed by atoms with van der Waals surface area (Å²) < 4.78 is 34.5. The van der Waals surface area contributed by atoms with E-state index in [4.69, 9.17) is 25.9 Å². The first-order valence-corrected chi connectivity index (χ1v) is 12.7. The summed E-state index contributed by atoms with van der Waals surface area (Å²) in [7, 11) is -2.26. The molecule has 0 radical (unpaired) electrons. The van der Waals surface area contributed by atoms with Gasteiger partial charge in [0.25, 0.3) is 6.01 Å². The molecule has 3 aromatic rings. The molecule has 1 saturated heterocycles. The van der Waals surface area contributed by atoms with Crippen molar-refractivity contribution in [3.8, 4) is 5.75 Å². The highest BCUT2D eigenvalue weighted by molar-refractivity contribution is 7.89. The Bertz CT molecular complexity index is 1240. The number of benzene rings is 2. The summed E-state index contributed by atoms with van der Waals surface area (Å²) in [4.78, 5) is 6.63. The van der Waals surface area contributed by atoms with Gasteiger partial charge in [-0.1, -0.05) is 17.7 Å². The molecule has 178 valence electrons. The number of halogens is 1. The van der Waals surface area contributed by atoms with Gasteiger partial charge in [0.2, 0.25) is 10.0 Å². The van der Waals surface area contributed by atoms with E-state index in [1.54, 1.807) is 7.11 Å². The lowest BCUT2D eigenvalue weighted by Crippen LogP contribution is -2.38. The second-order valence-corrected chi connectivity index (χ2v) is 10.0. The Morgan fingerprint density at radius 3 is 2.70 bits per heavy atom. The van der Waals surface area contributed by atoms with Crippen LogP contribution in [0.1, 0.15) is 25.3 Å². The van der Waals surface area contributed by atoms with E-state index < -0.39 is 10.0 Å². The Morgan fingerprint density at radius 2 is 2.03 bits per heavy atom. The number of hydrogen-bond acceptors (Lipinski definition) is 8. The Morgan fingerprint density at radius 1 is 1.27 bits per heavy atom. The van der Waals surface area contributed by atoms with E-state index >= 15 is 0 Å². The van der Waals surface area contributed by atoms with Crippen LogP contribution in [0.2, 0.25) is 5.02 Å². The van der Waals surface area contributed by atoms with Crippen molar-refractivity contribution in [3.63, 3.8) is 0 Å². The molecule has 9 nitrogen and oxygen atoms in total. The van der Waals surface area contributed by atoms with Gasteiger partial charge < -0.3 is 19.8 Å². The van der Waals surface area contributed by atoms with Crippen molar-refractivity contribution in [1.82, 2.24) is 9.88 Å². The molecule has 0 saturated carbocycles. The topological polar surface area (TPSA) is 123 Å². The van der Waals surface area contributed by atoms with Crippen molar-refractivity contribution in [2.24, 2.45) is 5.14 Å². The molecule has 1 aliphatic heterocycles. The molecule has 0 unspecified atom stereocenters. The maximum atomic E-state index is 11.7. The van der Waals surface area contributed by atoms with E-state index in [-0.39, 0.29) is 16.0 Å². The number of nitrogens with zero attached hydrogens (tertiary/aromatic N) is 2. The van der Waals surface area contributed by atoms with Gasteiger partial charge in [-0.3, -0.25) is 4.90 Å². The highest BCUT2D eigenvalue weighted by Gasteiger charge is 2.22. The zero-order valence-electron chi connectivity index (χ0n) is 18.6. The molecule has 0 bridgehead atoms. The van der Waals surface area contributed by atoms with Gasteiger partial charge >= 0.3 is 0 Å². The first-order valence-electron chi connectivity index (χ1n) is 10.8. The summed E-state index contributed by atoms with van der Waals surface area (Å²) in [5, 5.41) is 11.9. The first kappa shape index (κ1) is 23.6. The number of nitrogens with two attached hydrogens (primary N) is 1. The fourth-order valence-electron chi connectivity index (χ4n) is 4.06. The predicted octanol–water partition coefficient (Wildman–Crippen LogP) is 3.65. The maximum absolute atomic E-state index is 11.7. The van der Waals surface area contributed by atoms with Crippen LogP contribution >= 0.6 is 11.6 Å².